The Morgan fingerprint density at radius 2 is 1.92 bits per heavy atom. The first kappa shape index (κ1) is 10.2. The number of aliphatic hydroxyl groups is 1. The van der Waals surface area contributed by atoms with Crippen molar-refractivity contribution in [2.75, 3.05) is 19.7 Å². The zero-order valence-electron chi connectivity index (χ0n) is 7.82. The van der Waals surface area contributed by atoms with Crippen LogP contribution in [-0.2, 0) is 9.59 Å². The molecule has 1 aliphatic heterocycles. The van der Waals surface area contributed by atoms with E-state index in [1.165, 1.54) is 6.92 Å². The van der Waals surface area contributed by atoms with Crippen LogP contribution in [0.2, 0.25) is 0 Å². The minimum Gasteiger partial charge on any atom is -0.389 e. The van der Waals surface area contributed by atoms with Crippen molar-refractivity contribution in [3.63, 3.8) is 0 Å². The highest BCUT2D eigenvalue weighted by molar-refractivity contribution is 5.82. The molecule has 1 heterocycles. The number of carbonyl (C=O) groups excluding carboxylic acids is 2. The fourth-order valence-corrected chi connectivity index (χ4v) is 1.65. The summed E-state index contributed by atoms with van der Waals surface area (Å²) in [6.45, 7) is 2.45. The third-order valence-electron chi connectivity index (χ3n) is 2.55. The highest BCUT2D eigenvalue weighted by atomic mass is 16.3. The van der Waals surface area contributed by atoms with Crippen molar-refractivity contribution < 1.29 is 14.7 Å². The molecule has 1 saturated heterocycles. The largest absolute Gasteiger partial charge is 0.389 e. The standard InChI is InChI=1S/C9H15NO3/c1-7(12)10-4-2-8(3-5-10)9(13)6-11/h8,11H,2-6H2,1H3. The summed E-state index contributed by atoms with van der Waals surface area (Å²) in [7, 11) is 0. The molecule has 0 bridgehead atoms. The van der Waals surface area contributed by atoms with Crippen LogP contribution < -0.4 is 0 Å². The van der Waals surface area contributed by atoms with Gasteiger partial charge in [0.25, 0.3) is 0 Å². The number of likely N-dealkylation sites (tertiary alicyclic amines) is 1. The number of carbonyl (C=O) groups is 2. The van der Waals surface area contributed by atoms with E-state index in [1.807, 2.05) is 0 Å². The number of ketones is 1. The number of piperidine rings is 1. The van der Waals surface area contributed by atoms with Gasteiger partial charge >= 0.3 is 0 Å². The van der Waals surface area contributed by atoms with Gasteiger partial charge in [-0.15, -0.1) is 0 Å². The number of hydrogen-bond donors (Lipinski definition) is 1. The lowest BCUT2D eigenvalue weighted by molar-refractivity contribution is -0.134. The van der Waals surface area contributed by atoms with Gasteiger partial charge in [-0.2, -0.15) is 0 Å². The maximum absolute atomic E-state index is 11.1. The van der Waals surface area contributed by atoms with Crippen molar-refractivity contribution in [1.29, 1.82) is 0 Å². The molecule has 74 valence electrons. The molecule has 0 saturated carbocycles. The first-order chi connectivity index (χ1) is 6.15. The van der Waals surface area contributed by atoms with Crippen molar-refractivity contribution in [1.82, 2.24) is 4.90 Å². The quantitative estimate of drug-likeness (QED) is 0.648. The predicted molar refractivity (Wildman–Crippen MR) is 47.1 cm³/mol. The van der Waals surface area contributed by atoms with Crippen LogP contribution in [0.1, 0.15) is 19.8 Å². The molecule has 0 unspecified atom stereocenters. The van der Waals surface area contributed by atoms with E-state index >= 15 is 0 Å². The highest BCUT2D eigenvalue weighted by Crippen LogP contribution is 2.17. The van der Waals surface area contributed by atoms with Gasteiger partial charge in [-0.3, -0.25) is 9.59 Å². The van der Waals surface area contributed by atoms with Gasteiger partial charge in [0.15, 0.2) is 5.78 Å². The van der Waals surface area contributed by atoms with Crippen molar-refractivity contribution in [3.05, 3.63) is 0 Å². The van der Waals surface area contributed by atoms with Crippen molar-refractivity contribution in [3.8, 4) is 0 Å². The Morgan fingerprint density at radius 1 is 1.38 bits per heavy atom. The number of Topliss-reactive ketones (excluding diaryl/α,β-unsaturated/α-hetero) is 1. The van der Waals surface area contributed by atoms with E-state index in [2.05, 4.69) is 0 Å². The molecule has 0 aromatic heterocycles. The van der Waals surface area contributed by atoms with Crippen LogP contribution >= 0.6 is 0 Å². The lowest BCUT2D eigenvalue weighted by atomic mass is 9.93. The Balaban J connectivity index is 2.39. The summed E-state index contributed by atoms with van der Waals surface area (Å²) in [5, 5.41) is 8.63. The van der Waals surface area contributed by atoms with Gasteiger partial charge in [0.05, 0.1) is 0 Å². The van der Waals surface area contributed by atoms with Gasteiger partial charge in [0.2, 0.25) is 5.91 Å². The molecule has 0 aliphatic carbocycles. The van der Waals surface area contributed by atoms with Crippen LogP contribution in [0.25, 0.3) is 0 Å². The van der Waals surface area contributed by atoms with Crippen molar-refractivity contribution in [2.45, 2.75) is 19.8 Å². The number of nitrogens with zero attached hydrogens (tertiary/aromatic N) is 1. The molecule has 1 amide bonds. The Bertz CT molecular complexity index is 207. The van der Waals surface area contributed by atoms with Gasteiger partial charge in [0.1, 0.15) is 6.61 Å². The van der Waals surface area contributed by atoms with Gasteiger partial charge in [-0.25, -0.2) is 0 Å². The van der Waals surface area contributed by atoms with E-state index in [9.17, 15) is 9.59 Å². The van der Waals surface area contributed by atoms with E-state index in [0.29, 0.717) is 25.9 Å². The maximum Gasteiger partial charge on any atom is 0.219 e. The molecule has 0 atom stereocenters. The summed E-state index contributed by atoms with van der Waals surface area (Å²) in [4.78, 5) is 23.8. The molecule has 0 radical (unpaired) electrons. The molecule has 1 rings (SSSR count). The zero-order chi connectivity index (χ0) is 9.84. The predicted octanol–water partition coefficient (Wildman–Crippen LogP) is -0.194. The summed E-state index contributed by atoms with van der Waals surface area (Å²) in [5.41, 5.74) is 0. The Morgan fingerprint density at radius 3 is 2.31 bits per heavy atom. The Hall–Kier alpha value is -0.900. The highest BCUT2D eigenvalue weighted by Gasteiger charge is 2.24. The monoisotopic (exact) mass is 185 g/mol. The maximum atomic E-state index is 11.1. The smallest absolute Gasteiger partial charge is 0.219 e. The minimum atomic E-state index is -0.370. The number of amides is 1. The van der Waals surface area contributed by atoms with Crippen molar-refractivity contribution in [2.24, 2.45) is 5.92 Å². The van der Waals surface area contributed by atoms with E-state index < -0.39 is 0 Å². The second-order valence-electron chi connectivity index (χ2n) is 3.40. The van der Waals surface area contributed by atoms with Crippen molar-refractivity contribution >= 4 is 11.7 Å². The fourth-order valence-electron chi connectivity index (χ4n) is 1.65. The topological polar surface area (TPSA) is 57.6 Å². The van der Waals surface area contributed by atoms with E-state index in [-0.39, 0.29) is 24.2 Å². The molecule has 4 nitrogen and oxygen atoms in total. The SMILES string of the molecule is CC(=O)N1CCC(C(=O)CO)CC1. The minimum absolute atomic E-state index is 0.0411. The van der Waals surface area contributed by atoms with E-state index in [0.717, 1.165) is 0 Å². The van der Waals surface area contributed by atoms with Crippen LogP contribution in [0.3, 0.4) is 0 Å². The third kappa shape index (κ3) is 2.52. The molecule has 1 fully saturated rings. The van der Waals surface area contributed by atoms with Crippen LogP contribution in [-0.4, -0.2) is 41.4 Å². The number of hydrogen-bond acceptors (Lipinski definition) is 3. The lowest BCUT2D eigenvalue weighted by Gasteiger charge is -2.30. The summed E-state index contributed by atoms with van der Waals surface area (Å²) in [5.74, 6) is -0.0706. The summed E-state index contributed by atoms with van der Waals surface area (Å²) >= 11 is 0. The van der Waals surface area contributed by atoms with Crippen LogP contribution in [0.4, 0.5) is 0 Å². The van der Waals surface area contributed by atoms with E-state index in [4.69, 9.17) is 5.11 Å². The fraction of sp³-hybridized carbons (Fsp3) is 0.778. The normalized spacial score (nSPS) is 18.8. The molecule has 4 heteroatoms. The van der Waals surface area contributed by atoms with Gasteiger partial charge in [-0.05, 0) is 12.8 Å². The number of aliphatic hydroxyl groups excluding tert-OH is 1. The van der Waals surface area contributed by atoms with Crippen LogP contribution in [0, 0.1) is 5.92 Å². The molecule has 0 aromatic carbocycles. The Kier molecular flexibility index (Phi) is 3.42. The van der Waals surface area contributed by atoms with Gasteiger partial charge < -0.3 is 10.0 Å². The molecule has 13 heavy (non-hydrogen) atoms. The first-order valence-corrected chi connectivity index (χ1v) is 4.54. The average Bonchev–Trinajstić information content (AvgIpc) is 2.17. The zero-order valence-corrected chi connectivity index (χ0v) is 7.82. The van der Waals surface area contributed by atoms with Crippen LogP contribution in [0.5, 0.6) is 0 Å². The molecule has 1 aliphatic rings. The molecule has 0 aromatic rings. The second kappa shape index (κ2) is 4.37. The van der Waals surface area contributed by atoms with Gasteiger partial charge in [-0.1, -0.05) is 0 Å². The molecular formula is C9H15NO3. The summed E-state index contributed by atoms with van der Waals surface area (Å²) < 4.78 is 0. The lowest BCUT2D eigenvalue weighted by Crippen LogP contribution is -2.39. The average molecular weight is 185 g/mol. The summed E-state index contributed by atoms with van der Waals surface area (Å²) in [6, 6.07) is 0. The molecule has 1 N–H and O–H groups in total. The third-order valence-corrected chi connectivity index (χ3v) is 2.55. The van der Waals surface area contributed by atoms with E-state index in [1.54, 1.807) is 4.90 Å². The Labute approximate surface area is 77.5 Å². The summed E-state index contributed by atoms with van der Waals surface area (Å²) in [6.07, 6.45) is 1.39. The van der Waals surface area contributed by atoms with Gasteiger partial charge in [0, 0.05) is 25.9 Å². The van der Waals surface area contributed by atoms with Crippen LogP contribution in [0.15, 0.2) is 0 Å². The molecule has 0 spiro atoms. The first-order valence-electron chi connectivity index (χ1n) is 4.54. The molecular weight excluding hydrogens is 170 g/mol. The number of rotatable bonds is 2. The second-order valence-corrected chi connectivity index (χ2v) is 3.40.